The number of fused-ring (bicyclic) bond motifs is 1. The van der Waals surface area contributed by atoms with Crippen LogP contribution in [0, 0.1) is 0 Å². The van der Waals surface area contributed by atoms with Crippen LogP contribution in [0.15, 0.2) is 77.9 Å². The maximum absolute atomic E-state index is 12.2. The number of ether oxygens (including phenoxy) is 1. The minimum atomic E-state index is -0.330. The molecule has 0 radical (unpaired) electrons. The van der Waals surface area contributed by atoms with Crippen LogP contribution in [-0.4, -0.2) is 27.2 Å². The van der Waals surface area contributed by atoms with E-state index in [1.54, 1.807) is 48.5 Å². The largest absolute Gasteiger partial charge is 0.508 e. The third-order valence-corrected chi connectivity index (χ3v) is 4.20. The van der Waals surface area contributed by atoms with Crippen LogP contribution < -0.4 is 10.2 Å². The van der Waals surface area contributed by atoms with Crippen LogP contribution >= 0.6 is 0 Å². The van der Waals surface area contributed by atoms with Crippen LogP contribution in [0.2, 0.25) is 0 Å². The van der Waals surface area contributed by atoms with Gasteiger partial charge in [-0.2, -0.15) is 5.10 Å². The van der Waals surface area contributed by atoms with Gasteiger partial charge >= 0.3 is 0 Å². The van der Waals surface area contributed by atoms with Crippen LogP contribution in [0.25, 0.3) is 11.0 Å². The van der Waals surface area contributed by atoms with Crippen molar-refractivity contribution in [2.45, 2.75) is 6.61 Å². The summed E-state index contributed by atoms with van der Waals surface area (Å²) in [6.45, 7) is 0.303. The predicted molar refractivity (Wildman–Crippen MR) is 110 cm³/mol. The van der Waals surface area contributed by atoms with E-state index in [2.05, 4.69) is 20.5 Å². The quantitative estimate of drug-likeness (QED) is 0.348. The molecule has 0 spiro atoms. The molecule has 144 valence electrons. The average molecular weight is 386 g/mol. The third-order valence-electron chi connectivity index (χ3n) is 4.20. The molecule has 7 heteroatoms. The predicted octanol–water partition coefficient (Wildman–Crippen LogP) is 3.61. The molecule has 7 nitrogen and oxygen atoms in total. The summed E-state index contributed by atoms with van der Waals surface area (Å²) in [5.41, 5.74) is 5.55. The molecule has 1 aromatic heterocycles. The van der Waals surface area contributed by atoms with Gasteiger partial charge in [0.2, 0.25) is 0 Å². The highest BCUT2D eigenvalue weighted by Crippen LogP contribution is 2.15. The standard InChI is InChI=1S/C22H18N4O3/c27-17-9-5-15(6-10-17)13-23-26-22(28)16-7-11-18(12-8-16)29-14-21-24-19-3-1-2-4-20(19)25-21/h1-13,27H,14H2,(H,24,25)(H,26,28)/b23-13-. The number of carbonyl (C=O) groups is 1. The minimum Gasteiger partial charge on any atom is -0.508 e. The lowest BCUT2D eigenvalue weighted by Gasteiger charge is -2.05. The number of para-hydroxylation sites is 2. The molecule has 0 aliphatic carbocycles. The molecule has 0 bridgehead atoms. The highest BCUT2D eigenvalue weighted by molar-refractivity contribution is 5.95. The zero-order valence-corrected chi connectivity index (χ0v) is 15.4. The van der Waals surface area contributed by atoms with Gasteiger partial charge in [-0.1, -0.05) is 12.1 Å². The van der Waals surface area contributed by atoms with Gasteiger partial charge in [0.25, 0.3) is 5.91 Å². The summed E-state index contributed by atoms with van der Waals surface area (Å²) in [5, 5.41) is 13.2. The number of aromatic amines is 1. The summed E-state index contributed by atoms with van der Waals surface area (Å²) in [6.07, 6.45) is 1.50. The van der Waals surface area contributed by atoms with Gasteiger partial charge in [-0.15, -0.1) is 0 Å². The molecule has 0 aliphatic rings. The molecule has 3 N–H and O–H groups in total. The minimum absolute atomic E-state index is 0.175. The first-order chi connectivity index (χ1) is 14.2. The zero-order valence-electron chi connectivity index (χ0n) is 15.4. The van der Waals surface area contributed by atoms with E-state index in [-0.39, 0.29) is 11.7 Å². The Hall–Kier alpha value is -4.13. The average Bonchev–Trinajstić information content (AvgIpc) is 3.17. The summed E-state index contributed by atoms with van der Waals surface area (Å²) in [7, 11) is 0. The number of imidazole rings is 1. The van der Waals surface area contributed by atoms with Crippen LogP contribution in [0.4, 0.5) is 0 Å². The van der Waals surface area contributed by atoms with Crippen LogP contribution in [0.3, 0.4) is 0 Å². The molecule has 29 heavy (non-hydrogen) atoms. The van der Waals surface area contributed by atoms with Gasteiger partial charge in [0.05, 0.1) is 17.2 Å². The molecule has 0 saturated carbocycles. The van der Waals surface area contributed by atoms with Crippen molar-refractivity contribution in [3.05, 3.63) is 89.7 Å². The smallest absolute Gasteiger partial charge is 0.271 e. The van der Waals surface area contributed by atoms with Crippen LogP contribution in [0.5, 0.6) is 11.5 Å². The summed E-state index contributed by atoms with van der Waals surface area (Å²) in [4.78, 5) is 19.8. The van der Waals surface area contributed by atoms with Crippen molar-refractivity contribution >= 4 is 23.2 Å². The highest BCUT2D eigenvalue weighted by atomic mass is 16.5. The number of nitrogens with zero attached hydrogens (tertiary/aromatic N) is 2. The first-order valence-electron chi connectivity index (χ1n) is 8.96. The third kappa shape index (κ3) is 4.59. The maximum atomic E-state index is 12.2. The van der Waals surface area contributed by atoms with Gasteiger partial charge in [-0.05, 0) is 66.2 Å². The second-order valence-corrected chi connectivity index (χ2v) is 6.30. The van der Waals surface area contributed by atoms with E-state index in [9.17, 15) is 9.90 Å². The van der Waals surface area contributed by atoms with Crippen LogP contribution in [-0.2, 0) is 6.61 Å². The van der Waals surface area contributed by atoms with Crippen molar-refractivity contribution in [2.75, 3.05) is 0 Å². The summed E-state index contributed by atoms with van der Waals surface area (Å²) in [5.74, 6) is 1.21. The normalized spacial score (nSPS) is 11.0. The molecule has 0 fully saturated rings. The van der Waals surface area contributed by atoms with E-state index in [1.807, 2.05) is 24.3 Å². The van der Waals surface area contributed by atoms with Crippen molar-refractivity contribution in [3.8, 4) is 11.5 Å². The molecule has 4 aromatic rings. The Bertz CT molecular complexity index is 1120. The number of carbonyl (C=O) groups excluding carboxylic acids is 1. The number of phenols is 1. The SMILES string of the molecule is O=C(N/N=C\c1ccc(O)cc1)c1ccc(OCc2nc3ccccc3[nH]2)cc1. The molecule has 1 amide bonds. The molecule has 3 aromatic carbocycles. The Labute approximate surface area is 166 Å². The van der Waals surface area contributed by atoms with Crippen molar-refractivity contribution in [1.82, 2.24) is 15.4 Å². The number of aromatic hydroxyl groups is 1. The van der Waals surface area contributed by atoms with E-state index in [4.69, 9.17) is 4.74 Å². The number of hydrogen-bond donors (Lipinski definition) is 3. The lowest BCUT2D eigenvalue weighted by atomic mass is 10.2. The van der Waals surface area contributed by atoms with Gasteiger partial charge in [-0.3, -0.25) is 4.79 Å². The summed E-state index contributed by atoms with van der Waals surface area (Å²) >= 11 is 0. The molecular formula is C22H18N4O3. The van der Waals surface area contributed by atoms with Gasteiger partial charge in [-0.25, -0.2) is 10.4 Å². The van der Waals surface area contributed by atoms with Gasteiger partial charge in [0, 0.05) is 5.56 Å². The summed E-state index contributed by atoms with van der Waals surface area (Å²) in [6, 6.07) is 21.0. The second-order valence-electron chi connectivity index (χ2n) is 6.30. The van der Waals surface area contributed by atoms with Crippen molar-refractivity contribution < 1.29 is 14.6 Å². The monoisotopic (exact) mass is 386 g/mol. The number of rotatable bonds is 6. The Kier molecular flexibility index (Phi) is 5.20. The number of hydrazone groups is 1. The molecular weight excluding hydrogens is 368 g/mol. The Balaban J connectivity index is 1.32. The lowest BCUT2D eigenvalue weighted by Crippen LogP contribution is -2.17. The highest BCUT2D eigenvalue weighted by Gasteiger charge is 2.06. The van der Waals surface area contributed by atoms with E-state index < -0.39 is 0 Å². The number of benzene rings is 3. The van der Waals surface area contributed by atoms with Crippen molar-refractivity contribution in [3.63, 3.8) is 0 Å². The summed E-state index contributed by atoms with van der Waals surface area (Å²) < 4.78 is 5.73. The van der Waals surface area contributed by atoms with Gasteiger partial charge in [0.15, 0.2) is 0 Å². The van der Waals surface area contributed by atoms with Crippen molar-refractivity contribution in [1.29, 1.82) is 0 Å². The molecule has 0 saturated heterocycles. The fourth-order valence-electron chi connectivity index (χ4n) is 2.72. The van der Waals surface area contributed by atoms with E-state index in [0.717, 1.165) is 22.4 Å². The van der Waals surface area contributed by atoms with E-state index >= 15 is 0 Å². The molecule has 0 aliphatic heterocycles. The number of nitrogens with one attached hydrogen (secondary N) is 2. The first-order valence-corrected chi connectivity index (χ1v) is 8.96. The maximum Gasteiger partial charge on any atom is 0.271 e. The Morgan fingerprint density at radius 3 is 2.59 bits per heavy atom. The number of aromatic nitrogens is 2. The fourth-order valence-corrected chi connectivity index (χ4v) is 2.72. The van der Waals surface area contributed by atoms with Gasteiger partial charge < -0.3 is 14.8 Å². The molecule has 1 heterocycles. The number of phenolic OH excluding ortho intramolecular Hbond substituents is 1. The zero-order chi connectivity index (χ0) is 20.1. The molecule has 0 unspecified atom stereocenters. The molecule has 0 atom stereocenters. The van der Waals surface area contributed by atoms with Gasteiger partial charge in [0.1, 0.15) is 23.9 Å². The van der Waals surface area contributed by atoms with E-state index in [1.165, 1.54) is 6.21 Å². The molecule has 4 rings (SSSR count). The number of amides is 1. The van der Waals surface area contributed by atoms with Crippen LogP contribution in [0.1, 0.15) is 21.7 Å². The lowest BCUT2D eigenvalue weighted by molar-refractivity contribution is 0.0955. The second kappa shape index (κ2) is 8.26. The fraction of sp³-hybridized carbons (Fsp3) is 0.0455. The Morgan fingerprint density at radius 2 is 1.83 bits per heavy atom. The van der Waals surface area contributed by atoms with Crippen molar-refractivity contribution in [2.24, 2.45) is 5.10 Å². The number of hydrogen-bond acceptors (Lipinski definition) is 5. The number of H-pyrrole nitrogens is 1. The van der Waals surface area contributed by atoms with E-state index in [0.29, 0.717) is 17.9 Å². The Morgan fingerprint density at radius 1 is 1.07 bits per heavy atom. The first kappa shape index (κ1) is 18.2. The topological polar surface area (TPSA) is 99.6 Å².